The van der Waals surface area contributed by atoms with Crippen LogP contribution in [0.1, 0.15) is 13.3 Å². The number of β-amino-alcohol motifs (C(OH)–C–C–N with tert-alkyl or cyclic N) is 1. The maximum Gasteiger partial charge on any atom is 0.271 e. The summed E-state index contributed by atoms with van der Waals surface area (Å²) in [4.78, 5) is 9.77. The van der Waals surface area contributed by atoms with E-state index < -0.39 is 20.5 Å². The third-order valence-electron chi connectivity index (χ3n) is 3.16. The van der Waals surface area contributed by atoms with Gasteiger partial charge in [0.15, 0.2) is 0 Å². The molecule has 110 valence electrons. The molecule has 1 unspecified atom stereocenters. The first-order chi connectivity index (χ1) is 9.13. The number of nitrogens with zero attached hydrogens (tertiary/aromatic N) is 2. The molecule has 1 N–H and O–H groups in total. The van der Waals surface area contributed by atoms with E-state index in [1.165, 1.54) is 0 Å². The van der Waals surface area contributed by atoms with Crippen molar-refractivity contribution in [2.24, 2.45) is 0 Å². The summed E-state index contributed by atoms with van der Waals surface area (Å²) < 4.78 is 25.9. The van der Waals surface area contributed by atoms with Gasteiger partial charge in [-0.2, -0.15) is 4.31 Å². The number of hydrogen-bond donors (Lipinski definition) is 1. The minimum Gasteiger partial charge on any atom is -0.389 e. The van der Waals surface area contributed by atoms with Crippen LogP contribution in [0.5, 0.6) is 0 Å². The van der Waals surface area contributed by atoms with E-state index in [0.29, 0.717) is 6.42 Å². The zero-order valence-electron chi connectivity index (χ0n) is 10.6. The molecular formula is C11H13ClN2O5S. The topological polar surface area (TPSA) is 101 Å². The van der Waals surface area contributed by atoms with Crippen LogP contribution < -0.4 is 0 Å². The number of non-ortho nitro benzene ring substituents is 1. The Labute approximate surface area is 121 Å². The van der Waals surface area contributed by atoms with Gasteiger partial charge in [0.25, 0.3) is 5.69 Å². The zero-order chi connectivity index (χ0) is 15.1. The minimum absolute atomic E-state index is 0.0251. The molecule has 0 aliphatic carbocycles. The van der Waals surface area contributed by atoms with Crippen LogP contribution in [-0.4, -0.2) is 41.4 Å². The van der Waals surface area contributed by atoms with E-state index >= 15 is 0 Å². The van der Waals surface area contributed by atoms with Gasteiger partial charge in [0.2, 0.25) is 10.0 Å². The van der Waals surface area contributed by atoms with Crippen LogP contribution in [0, 0.1) is 10.1 Å². The van der Waals surface area contributed by atoms with Crippen LogP contribution in [0.25, 0.3) is 0 Å². The lowest BCUT2D eigenvalue weighted by Gasteiger charge is -2.19. The van der Waals surface area contributed by atoms with E-state index in [1.807, 2.05) is 0 Å². The average molecular weight is 321 g/mol. The highest BCUT2D eigenvalue weighted by Gasteiger charge is 2.39. The summed E-state index contributed by atoms with van der Waals surface area (Å²) in [5.41, 5.74) is -1.34. The molecule has 0 radical (unpaired) electrons. The molecule has 0 spiro atoms. The number of benzene rings is 1. The lowest BCUT2D eigenvalue weighted by molar-refractivity contribution is -0.384. The number of halogens is 1. The van der Waals surface area contributed by atoms with Gasteiger partial charge >= 0.3 is 0 Å². The Bertz CT molecular complexity index is 659. The van der Waals surface area contributed by atoms with Crippen molar-refractivity contribution in [3.05, 3.63) is 33.3 Å². The number of nitro groups is 1. The summed E-state index contributed by atoms with van der Waals surface area (Å²) in [6, 6.07) is 3.21. The van der Waals surface area contributed by atoms with Gasteiger partial charge in [-0.25, -0.2) is 8.42 Å². The second-order valence-electron chi connectivity index (χ2n) is 4.96. The molecule has 9 heteroatoms. The van der Waals surface area contributed by atoms with Crippen LogP contribution in [0.3, 0.4) is 0 Å². The summed E-state index contributed by atoms with van der Waals surface area (Å²) in [6.07, 6.45) is 0.330. The number of hydrogen-bond acceptors (Lipinski definition) is 5. The van der Waals surface area contributed by atoms with Crippen molar-refractivity contribution in [3.8, 4) is 0 Å². The lowest BCUT2D eigenvalue weighted by Crippen LogP contribution is -2.34. The fourth-order valence-electron chi connectivity index (χ4n) is 2.06. The number of sulfonamides is 1. The largest absolute Gasteiger partial charge is 0.389 e. The number of rotatable bonds is 3. The van der Waals surface area contributed by atoms with Crippen molar-refractivity contribution in [3.63, 3.8) is 0 Å². The minimum atomic E-state index is -3.86. The van der Waals surface area contributed by atoms with Gasteiger partial charge in [-0.1, -0.05) is 11.6 Å². The molecule has 0 bridgehead atoms. The molecule has 20 heavy (non-hydrogen) atoms. The molecule has 1 heterocycles. The van der Waals surface area contributed by atoms with Crippen LogP contribution in [0.15, 0.2) is 23.1 Å². The molecule has 2 rings (SSSR count). The monoisotopic (exact) mass is 320 g/mol. The van der Waals surface area contributed by atoms with Crippen LogP contribution in [-0.2, 0) is 10.0 Å². The van der Waals surface area contributed by atoms with Crippen molar-refractivity contribution in [1.82, 2.24) is 4.31 Å². The Morgan fingerprint density at radius 1 is 1.50 bits per heavy atom. The van der Waals surface area contributed by atoms with Crippen molar-refractivity contribution in [2.75, 3.05) is 13.1 Å². The van der Waals surface area contributed by atoms with Crippen LogP contribution in [0.2, 0.25) is 5.02 Å². The van der Waals surface area contributed by atoms with E-state index in [1.54, 1.807) is 6.92 Å². The summed E-state index contributed by atoms with van der Waals surface area (Å²) in [5, 5.41) is 20.2. The van der Waals surface area contributed by atoms with Gasteiger partial charge in [-0.05, 0) is 19.4 Å². The summed E-state index contributed by atoms with van der Waals surface area (Å²) in [7, 11) is -3.86. The first-order valence-electron chi connectivity index (χ1n) is 5.80. The summed E-state index contributed by atoms with van der Waals surface area (Å²) in [5.74, 6) is 0. The molecule has 0 saturated carbocycles. The van der Waals surface area contributed by atoms with Crippen molar-refractivity contribution < 1.29 is 18.4 Å². The second-order valence-corrected chi connectivity index (χ2v) is 7.27. The third-order valence-corrected chi connectivity index (χ3v) is 5.49. The van der Waals surface area contributed by atoms with E-state index in [4.69, 9.17) is 11.6 Å². The SMILES string of the molecule is CC1(O)CCN(S(=O)(=O)c2ccc([N+](=O)[O-])cc2Cl)C1. The molecular weight excluding hydrogens is 308 g/mol. The molecule has 1 saturated heterocycles. The Kier molecular flexibility index (Phi) is 3.76. The normalized spacial score (nSPS) is 23.9. The van der Waals surface area contributed by atoms with E-state index in [2.05, 4.69) is 0 Å². The van der Waals surface area contributed by atoms with Crippen molar-refractivity contribution in [2.45, 2.75) is 23.8 Å². The predicted molar refractivity (Wildman–Crippen MR) is 72.1 cm³/mol. The van der Waals surface area contributed by atoms with Crippen molar-refractivity contribution in [1.29, 1.82) is 0 Å². The van der Waals surface area contributed by atoms with Gasteiger partial charge in [0, 0.05) is 25.2 Å². The summed E-state index contributed by atoms with van der Waals surface area (Å²) in [6.45, 7) is 1.71. The molecule has 1 aliphatic heterocycles. The highest BCUT2D eigenvalue weighted by atomic mass is 35.5. The molecule has 7 nitrogen and oxygen atoms in total. The molecule has 1 aromatic carbocycles. The first kappa shape index (κ1) is 15.2. The highest BCUT2D eigenvalue weighted by molar-refractivity contribution is 7.89. The maximum absolute atomic E-state index is 12.4. The Morgan fingerprint density at radius 2 is 2.15 bits per heavy atom. The van der Waals surface area contributed by atoms with Crippen LogP contribution >= 0.6 is 11.6 Å². The van der Waals surface area contributed by atoms with Gasteiger partial charge in [0.05, 0.1) is 15.5 Å². The highest BCUT2D eigenvalue weighted by Crippen LogP contribution is 2.32. The summed E-state index contributed by atoms with van der Waals surface area (Å²) >= 11 is 5.83. The zero-order valence-corrected chi connectivity index (χ0v) is 12.2. The van der Waals surface area contributed by atoms with E-state index in [-0.39, 0.29) is 28.7 Å². The van der Waals surface area contributed by atoms with E-state index in [0.717, 1.165) is 22.5 Å². The third kappa shape index (κ3) is 2.78. The lowest BCUT2D eigenvalue weighted by atomic mass is 10.1. The fraction of sp³-hybridized carbons (Fsp3) is 0.455. The second kappa shape index (κ2) is 4.96. The molecule has 1 fully saturated rings. The Hall–Kier alpha value is -1.22. The predicted octanol–water partition coefficient (Wildman–Crippen LogP) is 1.39. The standard InChI is InChI=1S/C11H13ClN2O5S/c1-11(15)4-5-13(7-11)20(18,19)10-3-2-8(14(16)17)6-9(10)12/h2-3,6,15H,4-5,7H2,1H3. The van der Waals surface area contributed by atoms with Gasteiger partial charge < -0.3 is 5.11 Å². The molecule has 0 aromatic heterocycles. The van der Waals surface area contributed by atoms with E-state index in [9.17, 15) is 23.6 Å². The molecule has 1 aliphatic rings. The Morgan fingerprint density at radius 3 is 2.60 bits per heavy atom. The molecule has 0 amide bonds. The van der Waals surface area contributed by atoms with Gasteiger partial charge in [-0.15, -0.1) is 0 Å². The molecule has 1 aromatic rings. The quantitative estimate of drug-likeness (QED) is 0.670. The molecule has 1 atom stereocenters. The van der Waals surface area contributed by atoms with Gasteiger partial charge in [0.1, 0.15) is 4.90 Å². The van der Waals surface area contributed by atoms with Gasteiger partial charge in [-0.3, -0.25) is 10.1 Å². The smallest absolute Gasteiger partial charge is 0.271 e. The number of aliphatic hydroxyl groups is 1. The first-order valence-corrected chi connectivity index (χ1v) is 7.62. The number of nitro benzene ring substituents is 1. The Balaban J connectivity index is 2.38. The average Bonchev–Trinajstić information content (AvgIpc) is 2.69. The maximum atomic E-state index is 12.4. The van der Waals surface area contributed by atoms with Crippen LogP contribution in [0.4, 0.5) is 5.69 Å². The fourth-order valence-corrected chi connectivity index (χ4v) is 4.13. The van der Waals surface area contributed by atoms with Crippen molar-refractivity contribution >= 4 is 27.3 Å².